The minimum absolute atomic E-state index is 0.0817. The summed E-state index contributed by atoms with van der Waals surface area (Å²) in [5.41, 5.74) is 0.163. The standard InChI is InChI=1S/C21H25ClN2O3/c1-4-24(16-12-13-26-21(2,3)14-16)20(25)18-6-5-7-19(23-18)27-17-10-8-15(22)9-11-17/h5-11,16H,4,12-14H2,1-3H3. The van der Waals surface area contributed by atoms with Crippen molar-refractivity contribution < 1.29 is 14.3 Å². The van der Waals surface area contributed by atoms with E-state index in [1.807, 2.05) is 11.8 Å². The van der Waals surface area contributed by atoms with Crippen molar-refractivity contribution in [3.8, 4) is 11.6 Å². The van der Waals surface area contributed by atoms with Crippen molar-refractivity contribution >= 4 is 17.5 Å². The molecule has 2 aromatic rings. The zero-order valence-electron chi connectivity index (χ0n) is 15.9. The molecule has 0 spiro atoms. The van der Waals surface area contributed by atoms with Crippen LogP contribution in [0.3, 0.4) is 0 Å². The minimum Gasteiger partial charge on any atom is -0.439 e. The number of halogens is 1. The number of ether oxygens (including phenoxy) is 2. The minimum atomic E-state index is -0.219. The third kappa shape index (κ3) is 4.99. The normalized spacial score (nSPS) is 18.7. The topological polar surface area (TPSA) is 51.7 Å². The molecule has 6 heteroatoms. The highest BCUT2D eigenvalue weighted by Crippen LogP contribution is 2.28. The van der Waals surface area contributed by atoms with E-state index in [2.05, 4.69) is 18.8 Å². The number of carbonyl (C=O) groups excluding carboxylic acids is 1. The lowest BCUT2D eigenvalue weighted by molar-refractivity contribution is -0.0777. The van der Waals surface area contributed by atoms with Crippen molar-refractivity contribution in [1.29, 1.82) is 0 Å². The molecule has 0 aliphatic carbocycles. The summed E-state index contributed by atoms with van der Waals surface area (Å²) in [5.74, 6) is 0.920. The number of nitrogens with zero attached hydrogens (tertiary/aromatic N) is 2. The fourth-order valence-electron chi connectivity index (χ4n) is 3.39. The van der Waals surface area contributed by atoms with E-state index in [4.69, 9.17) is 21.1 Å². The smallest absolute Gasteiger partial charge is 0.272 e. The summed E-state index contributed by atoms with van der Waals surface area (Å²) in [6.45, 7) is 7.42. The van der Waals surface area contributed by atoms with E-state index in [1.54, 1.807) is 42.5 Å². The maximum absolute atomic E-state index is 13.1. The predicted molar refractivity (Wildman–Crippen MR) is 106 cm³/mol. The summed E-state index contributed by atoms with van der Waals surface area (Å²) in [5, 5.41) is 0.636. The van der Waals surface area contributed by atoms with E-state index >= 15 is 0 Å². The van der Waals surface area contributed by atoms with Crippen LogP contribution in [0.5, 0.6) is 11.6 Å². The molecule has 0 bridgehead atoms. The molecular formula is C21H25ClN2O3. The zero-order valence-corrected chi connectivity index (χ0v) is 16.7. The van der Waals surface area contributed by atoms with E-state index in [0.717, 1.165) is 12.8 Å². The van der Waals surface area contributed by atoms with E-state index in [1.165, 1.54) is 0 Å². The largest absolute Gasteiger partial charge is 0.439 e. The van der Waals surface area contributed by atoms with Gasteiger partial charge < -0.3 is 14.4 Å². The lowest BCUT2D eigenvalue weighted by Gasteiger charge is -2.40. The molecule has 1 unspecified atom stereocenters. The van der Waals surface area contributed by atoms with Gasteiger partial charge in [-0.15, -0.1) is 0 Å². The zero-order chi connectivity index (χ0) is 19.4. The molecule has 1 aromatic heterocycles. The first kappa shape index (κ1) is 19.6. The second-order valence-corrected chi connectivity index (χ2v) is 7.70. The first-order valence-electron chi connectivity index (χ1n) is 9.23. The van der Waals surface area contributed by atoms with Gasteiger partial charge in [0.25, 0.3) is 5.91 Å². The average molecular weight is 389 g/mol. The Balaban J connectivity index is 1.76. The SMILES string of the molecule is CCN(C(=O)c1cccc(Oc2ccc(Cl)cc2)n1)C1CCOC(C)(C)C1. The Bertz CT molecular complexity index is 792. The summed E-state index contributed by atoms with van der Waals surface area (Å²) in [7, 11) is 0. The molecule has 5 nitrogen and oxygen atoms in total. The van der Waals surface area contributed by atoms with E-state index in [-0.39, 0.29) is 17.6 Å². The fourth-order valence-corrected chi connectivity index (χ4v) is 3.52. The number of benzene rings is 1. The van der Waals surface area contributed by atoms with Gasteiger partial charge in [-0.3, -0.25) is 4.79 Å². The second kappa shape index (κ2) is 8.28. The number of aromatic nitrogens is 1. The fraction of sp³-hybridized carbons (Fsp3) is 0.429. The highest BCUT2D eigenvalue weighted by molar-refractivity contribution is 6.30. The lowest BCUT2D eigenvalue weighted by Crippen LogP contribution is -2.48. The van der Waals surface area contributed by atoms with Gasteiger partial charge >= 0.3 is 0 Å². The van der Waals surface area contributed by atoms with Crippen LogP contribution in [0.4, 0.5) is 0 Å². The van der Waals surface area contributed by atoms with Crippen LogP contribution in [-0.4, -0.2) is 40.6 Å². The van der Waals surface area contributed by atoms with Gasteiger partial charge in [0.2, 0.25) is 5.88 Å². The molecule has 0 saturated carbocycles. The highest BCUT2D eigenvalue weighted by atomic mass is 35.5. The van der Waals surface area contributed by atoms with Crippen molar-refractivity contribution in [2.24, 2.45) is 0 Å². The number of hydrogen-bond acceptors (Lipinski definition) is 4. The molecule has 1 aliphatic heterocycles. The molecule has 1 fully saturated rings. The number of amides is 1. The van der Waals surface area contributed by atoms with E-state index in [9.17, 15) is 4.79 Å². The van der Waals surface area contributed by atoms with Gasteiger partial charge in [-0.2, -0.15) is 0 Å². The maximum atomic E-state index is 13.1. The Morgan fingerprint density at radius 3 is 2.70 bits per heavy atom. The molecule has 1 atom stereocenters. The molecule has 1 aromatic carbocycles. The van der Waals surface area contributed by atoms with Crippen LogP contribution in [0.2, 0.25) is 5.02 Å². The molecule has 1 aliphatic rings. The van der Waals surface area contributed by atoms with Crippen LogP contribution in [0.1, 0.15) is 44.1 Å². The van der Waals surface area contributed by atoms with E-state index < -0.39 is 0 Å². The van der Waals surface area contributed by atoms with Gasteiger partial charge in [-0.05, 0) is 63.9 Å². The number of rotatable bonds is 5. The first-order valence-corrected chi connectivity index (χ1v) is 9.61. The summed E-state index contributed by atoms with van der Waals surface area (Å²) in [6.07, 6.45) is 1.65. The van der Waals surface area contributed by atoms with Crippen LogP contribution in [0.15, 0.2) is 42.5 Å². The molecular weight excluding hydrogens is 364 g/mol. The number of hydrogen-bond donors (Lipinski definition) is 0. The number of carbonyl (C=O) groups is 1. The lowest BCUT2D eigenvalue weighted by atomic mass is 9.92. The molecule has 27 heavy (non-hydrogen) atoms. The highest BCUT2D eigenvalue weighted by Gasteiger charge is 2.34. The molecule has 3 rings (SSSR count). The summed E-state index contributed by atoms with van der Waals surface area (Å²) >= 11 is 5.90. The van der Waals surface area contributed by atoms with Crippen molar-refractivity contribution in [3.05, 3.63) is 53.2 Å². The first-order chi connectivity index (χ1) is 12.9. The third-order valence-corrected chi connectivity index (χ3v) is 4.94. The van der Waals surface area contributed by atoms with Crippen molar-refractivity contribution in [2.75, 3.05) is 13.2 Å². The van der Waals surface area contributed by atoms with Crippen molar-refractivity contribution in [3.63, 3.8) is 0 Å². The Morgan fingerprint density at radius 1 is 1.30 bits per heavy atom. The summed E-state index contributed by atoms with van der Waals surface area (Å²) < 4.78 is 11.5. The monoisotopic (exact) mass is 388 g/mol. The molecule has 144 valence electrons. The van der Waals surface area contributed by atoms with Crippen molar-refractivity contribution in [2.45, 2.75) is 45.3 Å². The van der Waals surface area contributed by atoms with Gasteiger partial charge in [0.1, 0.15) is 11.4 Å². The van der Waals surface area contributed by atoms with Crippen LogP contribution in [-0.2, 0) is 4.74 Å². The average Bonchev–Trinajstić information content (AvgIpc) is 2.64. The molecule has 2 heterocycles. The summed E-state index contributed by atoms with van der Waals surface area (Å²) in [6, 6.07) is 12.4. The van der Waals surface area contributed by atoms with Crippen LogP contribution in [0.25, 0.3) is 0 Å². The molecule has 0 radical (unpaired) electrons. The third-order valence-electron chi connectivity index (χ3n) is 4.69. The van der Waals surface area contributed by atoms with Gasteiger partial charge in [0.15, 0.2) is 0 Å². The quantitative estimate of drug-likeness (QED) is 0.727. The van der Waals surface area contributed by atoms with Gasteiger partial charge in [-0.25, -0.2) is 4.98 Å². The van der Waals surface area contributed by atoms with Gasteiger partial charge in [0.05, 0.1) is 5.60 Å². The Kier molecular flexibility index (Phi) is 6.02. The Hall–Kier alpha value is -2.11. The van der Waals surface area contributed by atoms with Gasteiger partial charge in [-0.1, -0.05) is 17.7 Å². The predicted octanol–water partition coefficient (Wildman–Crippen LogP) is 4.95. The second-order valence-electron chi connectivity index (χ2n) is 7.26. The van der Waals surface area contributed by atoms with Gasteiger partial charge in [0, 0.05) is 30.3 Å². The Labute approximate surface area is 165 Å². The maximum Gasteiger partial charge on any atom is 0.272 e. The van der Waals surface area contributed by atoms with Crippen LogP contribution in [0, 0.1) is 0 Å². The van der Waals surface area contributed by atoms with Crippen LogP contribution < -0.4 is 4.74 Å². The molecule has 1 saturated heterocycles. The number of pyridine rings is 1. The van der Waals surface area contributed by atoms with Crippen molar-refractivity contribution in [1.82, 2.24) is 9.88 Å². The summed E-state index contributed by atoms with van der Waals surface area (Å²) in [4.78, 5) is 19.4. The molecule has 1 amide bonds. The van der Waals surface area contributed by atoms with Crippen LogP contribution >= 0.6 is 11.6 Å². The Morgan fingerprint density at radius 2 is 2.04 bits per heavy atom. The molecule has 0 N–H and O–H groups in total. The van der Waals surface area contributed by atoms with E-state index in [0.29, 0.717) is 35.5 Å².